The Bertz CT molecular complexity index is 1020. The summed E-state index contributed by atoms with van der Waals surface area (Å²) in [7, 11) is 0. The molecule has 1 atom stereocenters. The summed E-state index contributed by atoms with van der Waals surface area (Å²) in [5.74, 6) is 1.72. The minimum atomic E-state index is 0.477. The highest BCUT2D eigenvalue weighted by atomic mass is 16.5. The molecular weight excluding hydrogens is 360 g/mol. The maximum absolute atomic E-state index is 6.09. The fraction of sp³-hybridized carbons (Fsp3) is 0.250. The number of fused-ring (bicyclic) bond motifs is 1. The predicted molar refractivity (Wildman–Crippen MR) is 117 cm³/mol. The molecule has 1 saturated carbocycles. The summed E-state index contributed by atoms with van der Waals surface area (Å²) >= 11 is 0. The highest BCUT2D eigenvalue weighted by Crippen LogP contribution is 2.41. The van der Waals surface area contributed by atoms with Gasteiger partial charge in [0, 0.05) is 0 Å². The van der Waals surface area contributed by atoms with Crippen LogP contribution in [0.2, 0.25) is 0 Å². The van der Waals surface area contributed by atoms with Crippen molar-refractivity contribution in [2.75, 3.05) is 5.01 Å². The van der Waals surface area contributed by atoms with E-state index in [0.29, 0.717) is 10.6 Å². The van der Waals surface area contributed by atoms with Crippen LogP contribution in [0.4, 0.5) is 5.69 Å². The summed E-state index contributed by atoms with van der Waals surface area (Å²) in [6.45, 7) is 2.20. The molecule has 5 rings (SSSR count). The van der Waals surface area contributed by atoms with E-state index in [1.165, 1.54) is 30.5 Å². The van der Waals surface area contributed by atoms with E-state index in [4.69, 9.17) is 4.74 Å². The number of rotatable bonds is 6. The lowest BCUT2D eigenvalue weighted by atomic mass is 9.91. The van der Waals surface area contributed by atoms with Crippen molar-refractivity contribution in [1.29, 1.82) is 0 Å². The van der Waals surface area contributed by atoms with Gasteiger partial charge in [0.05, 0.1) is 30.3 Å². The van der Waals surface area contributed by atoms with E-state index in [9.17, 15) is 0 Å². The highest BCUT2D eigenvalue weighted by Gasteiger charge is 2.47. The van der Waals surface area contributed by atoms with E-state index >= 15 is 0 Å². The van der Waals surface area contributed by atoms with Gasteiger partial charge in [-0.2, -0.15) is 0 Å². The van der Waals surface area contributed by atoms with Gasteiger partial charge in [0.2, 0.25) is 12.0 Å². The van der Waals surface area contributed by atoms with Crippen LogP contribution >= 0.6 is 0 Å². The van der Waals surface area contributed by atoms with Crippen molar-refractivity contribution in [2.45, 2.75) is 38.6 Å². The predicted octanol–water partition coefficient (Wildman–Crippen LogP) is 5.57. The van der Waals surface area contributed by atoms with Gasteiger partial charge >= 0.3 is 0 Å². The first-order valence-electron chi connectivity index (χ1n) is 10.3. The standard InChI is InChI=1S/C24H25N4O/c1-2-19-15-23(29-22-9-4-3-5-10-22)11-12-24(19)27(20-7-6-8-20)28-14-13-25-16-21(28)17-26-18-28/h3-5,9-18,20H,2,6-8H2,1H3/q+1. The molecule has 1 unspecified atom stereocenters. The second-order valence-electron chi connectivity index (χ2n) is 7.62. The minimum absolute atomic E-state index is 0.477. The third-order valence-electron chi connectivity index (χ3n) is 5.88. The molecule has 0 amide bonds. The molecule has 2 heterocycles. The lowest BCUT2D eigenvalue weighted by Crippen LogP contribution is -2.61. The number of ether oxygens (including phenoxy) is 1. The number of para-hydroxylation sites is 1. The van der Waals surface area contributed by atoms with Crippen LogP contribution in [0.5, 0.6) is 11.5 Å². The van der Waals surface area contributed by atoms with Crippen LogP contribution in [-0.4, -0.2) is 23.2 Å². The Kier molecular flexibility index (Phi) is 4.52. The molecule has 5 heteroatoms. The summed E-state index contributed by atoms with van der Waals surface area (Å²) in [4.78, 5) is 8.82. The van der Waals surface area contributed by atoms with Crippen molar-refractivity contribution >= 4 is 18.2 Å². The molecule has 1 fully saturated rings. The number of hydrogen-bond donors (Lipinski definition) is 0. The largest absolute Gasteiger partial charge is 0.457 e. The molecule has 0 spiro atoms. The Morgan fingerprint density at radius 3 is 2.69 bits per heavy atom. The van der Waals surface area contributed by atoms with Crippen molar-refractivity contribution in [3.63, 3.8) is 0 Å². The quantitative estimate of drug-likeness (QED) is 0.610. The molecule has 2 aromatic rings. The molecule has 0 aromatic heterocycles. The topological polar surface area (TPSA) is 37.2 Å². The smallest absolute Gasteiger partial charge is 0.225 e. The molecule has 5 nitrogen and oxygen atoms in total. The second-order valence-corrected chi connectivity index (χ2v) is 7.62. The number of nitrogens with zero attached hydrogens (tertiary/aromatic N) is 4. The average Bonchev–Trinajstić information content (AvgIpc) is 3.16. The number of aryl methyl sites for hydroxylation is 1. The molecule has 0 bridgehead atoms. The highest BCUT2D eigenvalue weighted by molar-refractivity contribution is 5.82. The van der Waals surface area contributed by atoms with Gasteiger partial charge in [-0.15, -0.1) is 4.59 Å². The fourth-order valence-electron chi connectivity index (χ4n) is 4.17. The third kappa shape index (κ3) is 3.08. The van der Waals surface area contributed by atoms with E-state index in [1.807, 2.05) is 55.3 Å². The summed E-state index contributed by atoms with van der Waals surface area (Å²) in [6, 6.07) is 16.9. The Labute approximate surface area is 171 Å². The first kappa shape index (κ1) is 17.9. The third-order valence-corrected chi connectivity index (χ3v) is 5.88. The van der Waals surface area contributed by atoms with Crippen LogP contribution in [-0.2, 0) is 6.42 Å². The average molecular weight is 385 g/mol. The van der Waals surface area contributed by atoms with Crippen LogP contribution < -0.4 is 9.75 Å². The number of hydrogen-bond acceptors (Lipinski definition) is 4. The van der Waals surface area contributed by atoms with Crippen LogP contribution in [0.1, 0.15) is 31.7 Å². The van der Waals surface area contributed by atoms with Gasteiger partial charge in [0.25, 0.3) is 0 Å². The van der Waals surface area contributed by atoms with Crippen LogP contribution in [0.15, 0.2) is 82.8 Å². The zero-order chi connectivity index (χ0) is 19.7. The maximum atomic E-state index is 6.09. The summed E-state index contributed by atoms with van der Waals surface area (Å²) in [5, 5.41) is 2.50. The molecule has 0 saturated heterocycles. The number of anilines is 1. The lowest BCUT2D eigenvalue weighted by molar-refractivity contribution is -0.746. The van der Waals surface area contributed by atoms with Gasteiger partial charge in [-0.1, -0.05) is 25.1 Å². The zero-order valence-corrected chi connectivity index (χ0v) is 16.6. The van der Waals surface area contributed by atoms with Gasteiger partial charge in [0.15, 0.2) is 6.20 Å². The Morgan fingerprint density at radius 1 is 1.07 bits per heavy atom. The first-order valence-corrected chi connectivity index (χ1v) is 10.3. The van der Waals surface area contributed by atoms with Gasteiger partial charge in [0.1, 0.15) is 11.5 Å². The zero-order valence-electron chi connectivity index (χ0n) is 16.6. The van der Waals surface area contributed by atoms with Gasteiger partial charge in [-0.05, 0) is 61.6 Å². The van der Waals surface area contributed by atoms with Crippen molar-refractivity contribution in [2.24, 2.45) is 9.98 Å². The van der Waals surface area contributed by atoms with Crippen molar-refractivity contribution in [3.05, 3.63) is 78.4 Å². The molecule has 2 aliphatic heterocycles. The van der Waals surface area contributed by atoms with Crippen molar-refractivity contribution < 1.29 is 9.33 Å². The van der Waals surface area contributed by atoms with Gasteiger partial charge in [-0.3, -0.25) is 4.99 Å². The molecular formula is C24H25N4O+. The second kappa shape index (κ2) is 7.33. The monoisotopic (exact) mass is 385 g/mol. The molecule has 146 valence electrons. The normalized spacial score (nSPS) is 22.2. The SMILES string of the molecule is CCc1cc(Oc2ccccc2)ccc1N(C1CCC1)[N+]12C=CN=CC1=CN=C2. The molecule has 0 N–H and O–H groups in total. The summed E-state index contributed by atoms with van der Waals surface area (Å²) < 4.78 is 6.58. The Morgan fingerprint density at radius 2 is 1.93 bits per heavy atom. The van der Waals surface area contributed by atoms with Crippen molar-refractivity contribution in [1.82, 2.24) is 0 Å². The lowest BCUT2D eigenvalue weighted by Gasteiger charge is -2.47. The number of quaternary nitrogens is 1. The molecule has 1 aliphatic carbocycles. The van der Waals surface area contributed by atoms with E-state index in [1.54, 1.807) is 0 Å². The van der Waals surface area contributed by atoms with Crippen LogP contribution in [0.25, 0.3) is 0 Å². The minimum Gasteiger partial charge on any atom is -0.457 e. The molecule has 29 heavy (non-hydrogen) atoms. The Hall–Kier alpha value is -3.18. The van der Waals surface area contributed by atoms with E-state index < -0.39 is 0 Å². The molecule has 3 aliphatic rings. The van der Waals surface area contributed by atoms with Gasteiger partial charge in [-0.25, -0.2) is 10.0 Å². The van der Waals surface area contributed by atoms with E-state index in [2.05, 4.69) is 46.3 Å². The van der Waals surface area contributed by atoms with E-state index in [0.717, 1.165) is 23.6 Å². The Balaban J connectivity index is 1.55. The first-order chi connectivity index (χ1) is 14.3. The number of benzene rings is 2. The number of aliphatic imine (C=N–C) groups is 2. The number of allylic oxidation sites excluding steroid dienone is 1. The maximum Gasteiger partial charge on any atom is 0.225 e. The molecule has 0 radical (unpaired) electrons. The van der Waals surface area contributed by atoms with Crippen LogP contribution in [0.3, 0.4) is 0 Å². The summed E-state index contributed by atoms with van der Waals surface area (Å²) in [5.41, 5.74) is 3.58. The fourth-order valence-corrected chi connectivity index (χ4v) is 4.17. The van der Waals surface area contributed by atoms with Gasteiger partial charge < -0.3 is 4.74 Å². The molecule has 2 aromatic carbocycles. The van der Waals surface area contributed by atoms with Crippen molar-refractivity contribution in [3.8, 4) is 11.5 Å². The van der Waals surface area contributed by atoms with E-state index in [-0.39, 0.29) is 0 Å². The van der Waals surface area contributed by atoms with Crippen LogP contribution in [0, 0.1) is 0 Å². The summed E-state index contributed by atoms with van der Waals surface area (Å²) in [6.07, 6.45) is 14.4.